The molecule has 19 heavy (non-hydrogen) atoms. The van der Waals surface area contributed by atoms with Crippen molar-refractivity contribution < 1.29 is 24.2 Å². The molecule has 0 radical (unpaired) electrons. The van der Waals surface area contributed by atoms with Gasteiger partial charge in [-0.2, -0.15) is 0 Å². The highest BCUT2D eigenvalue weighted by Crippen LogP contribution is 2.31. The maximum absolute atomic E-state index is 11.2. The fourth-order valence-corrected chi connectivity index (χ4v) is 2.11. The summed E-state index contributed by atoms with van der Waals surface area (Å²) in [6, 6.07) is 4.50. The monoisotopic (exact) mass is 264 g/mol. The molecule has 102 valence electrons. The number of rotatable bonds is 4. The van der Waals surface area contributed by atoms with Gasteiger partial charge < -0.3 is 14.6 Å². The molecule has 0 saturated heterocycles. The molecule has 1 fully saturated rings. The Morgan fingerprint density at radius 1 is 1.26 bits per heavy atom. The Morgan fingerprint density at radius 3 is 2.53 bits per heavy atom. The molecule has 1 aliphatic carbocycles. The Hall–Kier alpha value is -2.04. The van der Waals surface area contributed by atoms with E-state index < -0.39 is 5.97 Å². The summed E-state index contributed by atoms with van der Waals surface area (Å²) in [5.74, 6) is 0.168. The third-order valence-corrected chi connectivity index (χ3v) is 3.19. The second-order valence-corrected chi connectivity index (χ2v) is 4.53. The number of methoxy groups -OCH3 is 1. The van der Waals surface area contributed by atoms with Gasteiger partial charge in [0.1, 0.15) is 5.78 Å². The van der Waals surface area contributed by atoms with Crippen LogP contribution in [0.5, 0.6) is 11.5 Å². The smallest absolute Gasteiger partial charge is 0.335 e. The minimum Gasteiger partial charge on any atom is -0.493 e. The summed E-state index contributed by atoms with van der Waals surface area (Å²) in [5.41, 5.74) is 0.155. The summed E-state index contributed by atoms with van der Waals surface area (Å²) < 4.78 is 10.9. The van der Waals surface area contributed by atoms with Gasteiger partial charge in [-0.15, -0.1) is 0 Å². The van der Waals surface area contributed by atoms with Crippen molar-refractivity contribution in [2.75, 3.05) is 7.11 Å². The molecule has 0 bridgehead atoms. The van der Waals surface area contributed by atoms with E-state index in [-0.39, 0.29) is 17.5 Å². The average Bonchev–Trinajstić information content (AvgIpc) is 2.41. The van der Waals surface area contributed by atoms with Gasteiger partial charge in [0.25, 0.3) is 0 Å². The largest absolute Gasteiger partial charge is 0.493 e. The number of carboxylic acids is 1. The van der Waals surface area contributed by atoms with E-state index in [0.717, 1.165) is 0 Å². The van der Waals surface area contributed by atoms with Gasteiger partial charge in [-0.25, -0.2) is 4.79 Å². The second kappa shape index (κ2) is 5.73. The Bertz CT molecular complexity index is 485. The first kappa shape index (κ1) is 13.4. The number of carbonyl (C=O) groups excluding carboxylic acids is 1. The van der Waals surface area contributed by atoms with E-state index in [2.05, 4.69) is 0 Å². The molecule has 1 N–H and O–H groups in total. The van der Waals surface area contributed by atoms with Crippen molar-refractivity contribution in [3.8, 4) is 11.5 Å². The van der Waals surface area contributed by atoms with Crippen molar-refractivity contribution in [2.45, 2.75) is 31.8 Å². The molecule has 0 atom stereocenters. The van der Waals surface area contributed by atoms with Crippen LogP contribution in [-0.2, 0) is 4.79 Å². The Kier molecular flexibility index (Phi) is 4.04. The van der Waals surface area contributed by atoms with Crippen molar-refractivity contribution in [3.63, 3.8) is 0 Å². The maximum atomic E-state index is 11.2. The van der Waals surface area contributed by atoms with Gasteiger partial charge in [0.05, 0.1) is 18.8 Å². The van der Waals surface area contributed by atoms with E-state index in [4.69, 9.17) is 14.6 Å². The maximum Gasteiger partial charge on any atom is 0.335 e. The molecule has 0 aromatic heterocycles. The van der Waals surface area contributed by atoms with E-state index in [1.54, 1.807) is 6.07 Å². The van der Waals surface area contributed by atoms with Crippen LogP contribution in [0.15, 0.2) is 18.2 Å². The molecule has 5 nitrogen and oxygen atoms in total. The van der Waals surface area contributed by atoms with Gasteiger partial charge in [-0.1, -0.05) is 0 Å². The summed E-state index contributed by atoms with van der Waals surface area (Å²) in [6.07, 6.45) is 2.31. The van der Waals surface area contributed by atoms with Crippen molar-refractivity contribution >= 4 is 11.8 Å². The standard InChI is InChI=1S/C14H16O5/c1-18-12-7-2-9(14(16)17)8-13(12)19-11-5-3-10(15)4-6-11/h2,7-8,11H,3-6H2,1H3,(H,16,17). The van der Waals surface area contributed by atoms with Crippen molar-refractivity contribution in [1.82, 2.24) is 0 Å². The lowest BCUT2D eigenvalue weighted by molar-refractivity contribution is -0.121. The van der Waals surface area contributed by atoms with E-state index in [1.165, 1.54) is 19.2 Å². The summed E-state index contributed by atoms with van der Waals surface area (Å²) in [7, 11) is 1.51. The summed E-state index contributed by atoms with van der Waals surface area (Å²) in [5, 5.41) is 8.97. The zero-order chi connectivity index (χ0) is 13.8. The number of ether oxygens (including phenoxy) is 2. The number of Topliss-reactive ketones (excluding diaryl/α,β-unsaturated/α-hetero) is 1. The number of carboxylic acid groups (broad SMARTS) is 1. The molecule has 0 heterocycles. The predicted octanol–water partition coefficient (Wildman–Crippen LogP) is 2.28. The summed E-state index contributed by atoms with van der Waals surface area (Å²) >= 11 is 0. The van der Waals surface area contributed by atoms with Crippen LogP contribution in [0.25, 0.3) is 0 Å². The molecular formula is C14H16O5. The van der Waals surface area contributed by atoms with Crippen LogP contribution in [0.3, 0.4) is 0 Å². The number of aromatic carboxylic acids is 1. The summed E-state index contributed by atoms with van der Waals surface area (Å²) in [4.78, 5) is 22.1. The van der Waals surface area contributed by atoms with Crippen LogP contribution in [0.2, 0.25) is 0 Å². The summed E-state index contributed by atoms with van der Waals surface area (Å²) in [6.45, 7) is 0. The molecule has 0 unspecified atom stereocenters. The highest BCUT2D eigenvalue weighted by Gasteiger charge is 2.21. The molecular weight excluding hydrogens is 248 g/mol. The lowest BCUT2D eigenvalue weighted by Gasteiger charge is -2.23. The van der Waals surface area contributed by atoms with Gasteiger partial charge in [0, 0.05) is 12.8 Å². The van der Waals surface area contributed by atoms with Gasteiger partial charge in [-0.05, 0) is 31.0 Å². The van der Waals surface area contributed by atoms with Crippen LogP contribution in [0.1, 0.15) is 36.0 Å². The lowest BCUT2D eigenvalue weighted by Crippen LogP contribution is -2.24. The first-order chi connectivity index (χ1) is 9.10. The Morgan fingerprint density at radius 2 is 1.95 bits per heavy atom. The fourth-order valence-electron chi connectivity index (χ4n) is 2.11. The number of ketones is 1. The Labute approximate surface area is 111 Å². The Balaban J connectivity index is 2.15. The number of benzene rings is 1. The van der Waals surface area contributed by atoms with Crippen molar-refractivity contribution in [3.05, 3.63) is 23.8 Å². The lowest BCUT2D eigenvalue weighted by atomic mass is 9.96. The van der Waals surface area contributed by atoms with Crippen LogP contribution >= 0.6 is 0 Å². The quantitative estimate of drug-likeness (QED) is 0.903. The zero-order valence-electron chi connectivity index (χ0n) is 10.7. The number of hydrogen-bond acceptors (Lipinski definition) is 4. The highest BCUT2D eigenvalue weighted by molar-refractivity contribution is 5.88. The molecule has 0 spiro atoms. The molecule has 0 aliphatic heterocycles. The van der Waals surface area contributed by atoms with Crippen molar-refractivity contribution in [1.29, 1.82) is 0 Å². The second-order valence-electron chi connectivity index (χ2n) is 4.53. The molecule has 0 amide bonds. The third kappa shape index (κ3) is 3.24. The van der Waals surface area contributed by atoms with Gasteiger partial charge in [-0.3, -0.25) is 4.79 Å². The zero-order valence-corrected chi connectivity index (χ0v) is 10.7. The minimum atomic E-state index is -1.01. The van der Waals surface area contributed by atoms with Gasteiger partial charge in [0.2, 0.25) is 0 Å². The predicted molar refractivity (Wildman–Crippen MR) is 67.8 cm³/mol. The highest BCUT2D eigenvalue weighted by atomic mass is 16.5. The molecule has 1 aromatic rings. The SMILES string of the molecule is COc1ccc(C(=O)O)cc1OC1CCC(=O)CC1. The van der Waals surface area contributed by atoms with Crippen LogP contribution < -0.4 is 9.47 Å². The molecule has 1 aliphatic rings. The fraction of sp³-hybridized carbons (Fsp3) is 0.429. The molecule has 5 heteroatoms. The molecule has 1 saturated carbocycles. The normalized spacial score (nSPS) is 16.2. The van der Waals surface area contributed by atoms with Crippen LogP contribution in [0, 0.1) is 0 Å². The van der Waals surface area contributed by atoms with Crippen molar-refractivity contribution in [2.24, 2.45) is 0 Å². The topological polar surface area (TPSA) is 72.8 Å². The third-order valence-electron chi connectivity index (χ3n) is 3.19. The van der Waals surface area contributed by atoms with Gasteiger partial charge >= 0.3 is 5.97 Å². The first-order valence-corrected chi connectivity index (χ1v) is 6.20. The van der Waals surface area contributed by atoms with Crippen LogP contribution in [-0.4, -0.2) is 30.1 Å². The molecule has 2 rings (SSSR count). The van der Waals surface area contributed by atoms with Crippen LogP contribution in [0.4, 0.5) is 0 Å². The molecule has 1 aromatic carbocycles. The van der Waals surface area contributed by atoms with E-state index >= 15 is 0 Å². The number of carbonyl (C=O) groups is 2. The van der Waals surface area contributed by atoms with E-state index in [1.807, 2.05) is 0 Å². The number of hydrogen-bond donors (Lipinski definition) is 1. The first-order valence-electron chi connectivity index (χ1n) is 6.20. The van der Waals surface area contributed by atoms with E-state index in [0.29, 0.717) is 37.2 Å². The minimum absolute atomic E-state index is 0.0596. The average molecular weight is 264 g/mol. The van der Waals surface area contributed by atoms with Gasteiger partial charge in [0.15, 0.2) is 11.5 Å². The van der Waals surface area contributed by atoms with E-state index in [9.17, 15) is 9.59 Å².